The lowest BCUT2D eigenvalue weighted by atomic mass is 9.49. The number of rotatable bonds is 6. The lowest BCUT2D eigenvalue weighted by molar-refractivity contribution is -0.0107. The third-order valence-corrected chi connectivity index (χ3v) is 8.03. The van der Waals surface area contributed by atoms with Crippen LogP contribution in [-0.4, -0.2) is 78.1 Å². The zero-order valence-electron chi connectivity index (χ0n) is 21.8. The Morgan fingerprint density at radius 1 is 1.17 bits per heavy atom. The van der Waals surface area contributed by atoms with Gasteiger partial charge in [-0.25, -0.2) is 9.18 Å². The number of hydrogen-bond donors (Lipinski definition) is 0. The molecule has 3 aliphatic carbocycles. The van der Waals surface area contributed by atoms with Gasteiger partial charge in [0.1, 0.15) is 11.4 Å². The number of halogens is 1. The number of piperazine rings is 1. The summed E-state index contributed by atoms with van der Waals surface area (Å²) in [6.07, 6.45) is 4.34. The lowest BCUT2D eigenvalue weighted by Crippen LogP contribution is -2.52. The number of benzene rings is 1. The van der Waals surface area contributed by atoms with Crippen molar-refractivity contribution in [1.82, 2.24) is 14.7 Å². The molecule has 2 unspecified atom stereocenters. The first-order chi connectivity index (χ1) is 16.4. The molecule has 1 heterocycles. The zero-order valence-corrected chi connectivity index (χ0v) is 21.8. The fourth-order valence-electron chi connectivity index (χ4n) is 5.68. The van der Waals surface area contributed by atoms with E-state index in [-0.39, 0.29) is 17.4 Å². The second kappa shape index (κ2) is 9.92. The molecular formula is C28H40FN3O3. The molecule has 0 N–H and O–H groups in total. The van der Waals surface area contributed by atoms with E-state index in [2.05, 4.69) is 24.8 Å². The zero-order chi connectivity index (χ0) is 25.4. The number of carbonyl (C=O) groups excluding carboxylic acids is 2. The number of fused-ring (bicyclic) bond motifs is 1. The van der Waals surface area contributed by atoms with Gasteiger partial charge in [-0.05, 0) is 69.1 Å². The number of ether oxygens (including phenoxy) is 1. The molecule has 1 saturated carbocycles. The molecule has 2 fully saturated rings. The van der Waals surface area contributed by atoms with E-state index in [9.17, 15) is 14.0 Å². The maximum absolute atomic E-state index is 13.9. The van der Waals surface area contributed by atoms with E-state index >= 15 is 0 Å². The van der Waals surface area contributed by atoms with Gasteiger partial charge in [0.05, 0.1) is 0 Å². The van der Waals surface area contributed by atoms with Gasteiger partial charge in [-0.3, -0.25) is 9.69 Å². The smallest absolute Gasteiger partial charge is 0.410 e. The van der Waals surface area contributed by atoms with E-state index in [1.807, 2.05) is 25.7 Å². The van der Waals surface area contributed by atoms with Gasteiger partial charge in [-0.2, -0.15) is 0 Å². The minimum Gasteiger partial charge on any atom is -0.444 e. The van der Waals surface area contributed by atoms with Gasteiger partial charge in [0.25, 0.3) is 5.91 Å². The Labute approximate surface area is 209 Å². The van der Waals surface area contributed by atoms with Crippen LogP contribution in [0, 0.1) is 23.1 Å². The SMILES string of the molecule is CC(C)(C)OC(=O)N1CCN(CCN(CC2=CCC3CC2C3(C)C)C(=O)c2cccc(F)c2)CC1. The van der Waals surface area contributed by atoms with Crippen molar-refractivity contribution >= 4 is 12.0 Å². The molecule has 5 rings (SSSR count). The standard InChI is InChI=1S/C28H40FN3O3/c1-27(2,3)35-26(34)31-14-11-30(12-15-31)13-16-32(25(33)20-7-6-8-23(29)17-20)19-21-9-10-22-18-24(21)28(22,4)5/h6-9,17,22,24H,10-16,18-19H2,1-5H3. The first-order valence-electron chi connectivity index (χ1n) is 12.9. The van der Waals surface area contributed by atoms with Crippen molar-refractivity contribution in [3.63, 3.8) is 0 Å². The summed E-state index contributed by atoms with van der Waals surface area (Å²) in [5, 5.41) is 0. The topological polar surface area (TPSA) is 53.1 Å². The molecule has 1 aromatic carbocycles. The van der Waals surface area contributed by atoms with Crippen LogP contribution < -0.4 is 0 Å². The summed E-state index contributed by atoms with van der Waals surface area (Å²) in [5.41, 5.74) is 1.52. The highest BCUT2D eigenvalue weighted by atomic mass is 19.1. The van der Waals surface area contributed by atoms with E-state index in [0.717, 1.165) is 25.4 Å². The second-order valence-electron chi connectivity index (χ2n) is 11.9. The maximum Gasteiger partial charge on any atom is 0.410 e. The van der Waals surface area contributed by atoms with E-state index in [1.165, 1.54) is 24.1 Å². The van der Waals surface area contributed by atoms with Gasteiger partial charge in [-0.15, -0.1) is 0 Å². The molecule has 0 radical (unpaired) electrons. The maximum atomic E-state index is 13.9. The molecule has 2 atom stereocenters. The van der Waals surface area contributed by atoms with Crippen LogP contribution in [0.2, 0.25) is 0 Å². The minimum atomic E-state index is -0.505. The minimum absolute atomic E-state index is 0.128. The van der Waals surface area contributed by atoms with Crippen LogP contribution in [0.1, 0.15) is 57.8 Å². The van der Waals surface area contributed by atoms with Crippen LogP contribution >= 0.6 is 0 Å². The van der Waals surface area contributed by atoms with E-state index < -0.39 is 11.4 Å². The molecule has 0 spiro atoms. The summed E-state index contributed by atoms with van der Waals surface area (Å²) in [4.78, 5) is 31.7. The Morgan fingerprint density at radius 3 is 2.49 bits per heavy atom. The van der Waals surface area contributed by atoms with Crippen LogP contribution in [0.4, 0.5) is 9.18 Å². The van der Waals surface area contributed by atoms with E-state index in [0.29, 0.717) is 44.2 Å². The molecule has 6 nitrogen and oxygen atoms in total. The van der Waals surface area contributed by atoms with Crippen molar-refractivity contribution in [2.45, 2.75) is 53.1 Å². The first-order valence-corrected chi connectivity index (χ1v) is 12.9. The van der Waals surface area contributed by atoms with Crippen LogP contribution in [0.5, 0.6) is 0 Å². The Kier molecular flexibility index (Phi) is 7.28. The van der Waals surface area contributed by atoms with E-state index in [4.69, 9.17) is 4.74 Å². The fourth-order valence-corrected chi connectivity index (χ4v) is 5.68. The summed E-state index contributed by atoms with van der Waals surface area (Å²) in [6, 6.07) is 5.98. The van der Waals surface area contributed by atoms with Crippen molar-refractivity contribution < 1.29 is 18.7 Å². The Hall–Kier alpha value is -2.41. The molecule has 7 heteroatoms. The fraction of sp³-hybridized carbons (Fsp3) is 0.643. The quantitative estimate of drug-likeness (QED) is 0.543. The molecular weight excluding hydrogens is 445 g/mol. The summed E-state index contributed by atoms with van der Waals surface area (Å²) in [5.74, 6) is 0.734. The highest BCUT2D eigenvalue weighted by Gasteiger charge is 2.51. The van der Waals surface area contributed by atoms with Crippen molar-refractivity contribution in [2.24, 2.45) is 17.3 Å². The molecule has 192 valence electrons. The average molecular weight is 486 g/mol. The molecule has 1 saturated heterocycles. The molecule has 35 heavy (non-hydrogen) atoms. The van der Waals surface area contributed by atoms with Gasteiger partial charge in [0, 0.05) is 51.4 Å². The largest absolute Gasteiger partial charge is 0.444 e. The van der Waals surface area contributed by atoms with Crippen molar-refractivity contribution in [2.75, 3.05) is 45.8 Å². The molecule has 2 bridgehead atoms. The number of carbonyl (C=O) groups is 2. The van der Waals surface area contributed by atoms with Gasteiger partial charge < -0.3 is 14.5 Å². The van der Waals surface area contributed by atoms with Crippen LogP contribution in [-0.2, 0) is 4.74 Å². The van der Waals surface area contributed by atoms with E-state index in [1.54, 1.807) is 17.0 Å². The second-order valence-corrected chi connectivity index (χ2v) is 11.9. The predicted molar refractivity (Wildman–Crippen MR) is 135 cm³/mol. The van der Waals surface area contributed by atoms with Gasteiger partial charge >= 0.3 is 6.09 Å². The number of allylic oxidation sites excluding steroid dienone is 1. The summed E-state index contributed by atoms with van der Waals surface area (Å²) in [6.45, 7) is 14.8. The third kappa shape index (κ3) is 5.88. The first kappa shape index (κ1) is 25.7. The number of nitrogens with zero attached hydrogens (tertiary/aromatic N) is 3. The molecule has 0 aromatic heterocycles. The lowest BCUT2D eigenvalue weighted by Gasteiger charge is -2.57. The van der Waals surface area contributed by atoms with Gasteiger partial charge in [0.2, 0.25) is 0 Å². The third-order valence-electron chi connectivity index (χ3n) is 8.03. The number of hydrogen-bond acceptors (Lipinski definition) is 4. The van der Waals surface area contributed by atoms with Crippen molar-refractivity contribution in [1.29, 1.82) is 0 Å². The van der Waals surface area contributed by atoms with Crippen LogP contribution in [0.3, 0.4) is 0 Å². The van der Waals surface area contributed by atoms with Gasteiger partial charge in [-0.1, -0.05) is 31.6 Å². The summed E-state index contributed by atoms with van der Waals surface area (Å²) in [7, 11) is 0. The summed E-state index contributed by atoms with van der Waals surface area (Å²) < 4.78 is 19.4. The number of amides is 2. The van der Waals surface area contributed by atoms with Crippen molar-refractivity contribution in [3.05, 3.63) is 47.3 Å². The Bertz CT molecular complexity index is 976. The molecule has 1 aliphatic heterocycles. The summed E-state index contributed by atoms with van der Waals surface area (Å²) >= 11 is 0. The molecule has 4 aliphatic rings. The Balaban J connectivity index is 1.39. The molecule has 1 aromatic rings. The highest BCUT2D eigenvalue weighted by molar-refractivity contribution is 5.94. The predicted octanol–water partition coefficient (Wildman–Crippen LogP) is 4.81. The Morgan fingerprint density at radius 2 is 1.89 bits per heavy atom. The monoisotopic (exact) mass is 485 g/mol. The average Bonchev–Trinajstić information content (AvgIpc) is 2.80. The van der Waals surface area contributed by atoms with Crippen LogP contribution in [0.15, 0.2) is 35.9 Å². The van der Waals surface area contributed by atoms with Gasteiger partial charge in [0.15, 0.2) is 0 Å². The highest BCUT2D eigenvalue weighted by Crippen LogP contribution is 2.59. The normalized spacial score (nSPS) is 23.8. The van der Waals surface area contributed by atoms with Crippen molar-refractivity contribution in [3.8, 4) is 0 Å². The van der Waals surface area contributed by atoms with Crippen LogP contribution in [0.25, 0.3) is 0 Å². The molecule has 2 amide bonds.